The fraction of sp³-hybridized carbons (Fsp3) is 0.727. The lowest BCUT2D eigenvalue weighted by Gasteiger charge is -2.05. The number of alkyl halides is 1. The zero-order chi connectivity index (χ0) is 12.0. The van der Waals surface area contributed by atoms with Gasteiger partial charge in [0.05, 0.1) is 15.9 Å². The summed E-state index contributed by atoms with van der Waals surface area (Å²) in [5, 5.41) is 7.77. The van der Waals surface area contributed by atoms with Crippen molar-refractivity contribution in [2.24, 2.45) is 7.05 Å². The fourth-order valence-electron chi connectivity index (χ4n) is 1.60. The molecule has 16 heavy (non-hydrogen) atoms. The van der Waals surface area contributed by atoms with E-state index in [-0.39, 0.29) is 0 Å². The van der Waals surface area contributed by atoms with Crippen molar-refractivity contribution in [3.63, 3.8) is 0 Å². The van der Waals surface area contributed by atoms with E-state index in [1.807, 2.05) is 18.7 Å². The maximum absolute atomic E-state index is 5.62. The van der Waals surface area contributed by atoms with Gasteiger partial charge < -0.3 is 5.32 Å². The second-order valence-corrected chi connectivity index (χ2v) is 5.07. The zero-order valence-corrected chi connectivity index (χ0v) is 12.2. The number of halogens is 2. The van der Waals surface area contributed by atoms with Gasteiger partial charge in [0, 0.05) is 19.5 Å². The van der Waals surface area contributed by atoms with Crippen LogP contribution < -0.4 is 5.32 Å². The standard InChI is InChI=1S/C11H19BrClN3/c1-9-11(12)10(16(2)15-9)8-14-7-5-3-4-6-13/h14H,3-8H2,1-2H3. The number of hydrogen-bond acceptors (Lipinski definition) is 2. The number of unbranched alkanes of at least 4 members (excludes halogenated alkanes) is 2. The maximum atomic E-state index is 5.62. The largest absolute Gasteiger partial charge is 0.311 e. The summed E-state index contributed by atoms with van der Waals surface area (Å²) in [6.45, 7) is 3.90. The van der Waals surface area contributed by atoms with Gasteiger partial charge in [-0.25, -0.2) is 0 Å². The third-order valence-electron chi connectivity index (χ3n) is 2.54. The van der Waals surface area contributed by atoms with Crippen molar-refractivity contribution in [2.45, 2.75) is 32.7 Å². The molecule has 0 unspecified atom stereocenters. The highest BCUT2D eigenvalue weighted by Gasteiger charge is 2.09. The summed E-state index contributed by atoms with van der Waals surface area (Å²) in [5.74, 6) is 0.770. The predicted molar refractivity (Wildman–Crippen MR) is 71.9 cm³/mol. The molecular weight excluding hydrogens is 289 g/mol. The first-order valence-corrected chi connectivity index (χ1v) is 6.94. The molecule has 1 heterocycles. The van der Waals surface area contributed by atoms with Gasteiger partial charge in [0.2, 0.25) is 0 Å². The van der Waals surface area contributed by atoms with E-state index >= 15 is 0 Å². The van der Waals surface area contributed by atoms with Crippen molar-refractivity contribution in [3.8, 4) is 0 Å². The van der Waals surface area contributed by atoms with E-state index in [2.05, 4.69) is 26.3 Å². The number of nitrogens with zero attached hydrogens (tertiary/aromatic N) is 2. The van der Waals surface area contributed by atoms with Crippen molar-refractivity contribution in [1.82, 2.24) is 15.1 Å². The van der Waals surface area contributed by atoms with Gasteiger partial charge in [0.15, 0.2) is 0 Å². The molecule has 0 aliphatic rings. The molecular formula is C11H19BrClN3. The number of hydrogen-bond donors (Lipinski definition) is 1. The molecule has 0 aliphatic carbocycles. The molecule has 0 saturated carbocycles. The lowest BCUT2D eigenvalue weighted by atomic mass is 10.2. The highest BCUT2D eigenvalue weighted by atomic mass is 79.9. The molecule has 0 aromatic carbocycles. The first-order valence-electron chi connectivity index (χ1n) is 5.61. The number of aryl methyl sites for hydroxylation is 2. The summed E-state index contributed by atoms with van der Waals surface area (Å²) in [6.07, 6.45) is 3.49. The van der Waals surface area contributed by atoms with Crippen molar-refractivity contribution < 1.29 is 0 Å². The second kappa shape index (κ2) is 7.30. The molecule has 1 rings (SSSR count). The molecule has 0 radical (unpaired) electrons. The Kier molecular flexibility index (Phi) is 6.39. The van der Waals surface area contributed by atoms with Crippen LogP contribution in [0.15, 0.2) is 4.47 Å². The maximum Gasteiger partial charge on any atom is 0.0739 e. The van der Waals surface area contributed by atoms with E-state index in [4.69, 9.17) is 11.6 Å². The minimum Gasteiger partial charge on any atom is -0.311 e. The van der Waals surface area contributed by atoms with Crippen LogP contribution in [0.2, 0.25) is 0 Å². The molecule has 0 atom stereocenters. The Labute approximate surface area is 111 Å². The van der Waals surface area contributed by atoms with Crippen LogP contribution in [0, 0.1) is 6.92 Å². The Bertz CT molecular complexity index is 325. The molecule has 1 aromatic rings. The average molecular weight is 309 g/mol. The van der Waals surface area contributed by atoms with E-state index < -0.39 is 0 Å². The van der Waals surface area contributed by atoms with Gasteiger partial charge in [-0.2, -0.15) is 5.10 Å². The van der Waals surface area contributed by atoms with Gasteiger partial charge in [-0.05, 0) is 42.2 Å². The van der Waals surface area contributed by atoms with Gasteiger partial charge in [-0.15, -0.1) is 11.6 Å². The molecule has 1 aromatic heterocycles. The topological polar surface area (TPSA) is 29.9 Å². The van der Waals surface area contributed by atoms with E-state index in [1.54, 1.807) is 0 Å². The highest BCUT2D eigenvalue weighted by Crippen LogP contribution is 2.19. The Hall–Kier alpha value is -0.0600. The third-order valence-corrected chi connectivity index (χ3v) is 3.84. The van der Waals surface area contributed by atoms with Crippen molar-refractivity contribution in [2.75, 3.05) is 12.4 Å². The van der Waals surface area contributed by atoms with E-state index in [0.29, 0.717) is 0 Å². The number of nitrogens with one attached hydrogen (secondary N) is 1. The first-order chi connectivity index (χ1) is 7.66. The average Bonchev–Trinajstić information content (AvgIpc) is 2.49. The summed E-state index contributed by atoms with van der Waals surface area (Å²) < 4.78 is 3.04. The van der Waals surface area contributed by atoms with Crippen LogP contribution in [0.5, 0.6) is 0 Å². The predicted octanol–water partition coefficient (Wildman–Crippen LogP) is 2.99. The molecule has 1 N–H and O–H groups in total. The molecule has 0 fully saturated rings. The Morgan fingerprint density at radius 2 is 2.12 bits per heavy atom. The van der Waals surface area contributed by atoms with Crippen LogP contribution in [0.4, 0.5) is 0 Å². The van der Waals surface area contributed by atoms with Crippen LogP contribution in [-0.2, 0) is 13.6 Å². The summed E-state index contributed by atoms with van der Waals surface area (Å²) >= 11 is 9.17. The quantitative estimate of drug-likeness (QED) is 0.620. The highest BCUT2D eigenvalue weighted by molar-refractivity contribution is 9.10. The monoisotopic (exact) mass is 307 g/mol. The van der Waals surface area contributed by atoms with Crippen molar-refractivity contribution >= 4 is 27.5 Å². The summed E-state index contributed by atoms with van der Waals surface area (Å²) in [6, 6.07) is 0. The van der Waals surface area contributed by atoms with Crippen LogP contribution >= 0.6 is 27.5 Å². The smallest absolute Gasteiger partial charge is 0.0739 e. The molecule has 3 nitrogen and oxygen atoms in total. The van der Waals surface area contributed by atoms with Crippen LogP contribution in [-0.4, -0.2) is 22.2 Å². The van der Waals surface area contributed by atoms with Gasteiger partial charge in [0.1, 0.15) is 0 Å². The van der Waals surface area contributed by atoms with Crippen LogP contribution in [0.25, 0.3) is 0 Å². The Morgan fingerprint density at radius 3 is 2.69 bits per heavy atom. The fourth-order valence-corrected chi connectivity index (χ4v) is 2.27. The normalized spacial score (nSPS) is 11.0. The van der Waals surface area contributed by atoms with E-state index in [0.717, 1.165) is 35.6 Å². The Balaban J connectivity index is 2.26. The lowest BCUT2D eigenvalue weighted by Crippen LogP contribution is -2.17. The van der Waals surface area contributed by atoms with Crippen molar-refractivity contribution in [1.29, 1.82) is 0 Å². The van der Waals surface area contributed by atoms with Crippen molar-refractivity contribution in [3.05, 3.63) is 15.9 Å². The van der Waals surface area contributed by atoms with Gasteiger partial charge in [0.25, 0.3) is 0 Å². The summed E-state index contributed by atoms with van der Waals surface area (Å²) in [7, 11) is 1.97. The summed E-state index contributed by atoms with van der Waals surface area (Å²) in [5.41, 5.74) is 2.25. The molecule has 0 amide bonds. The molecule has 92 valence electrons. The SMILES string of the molecule is Cc1nn(C)c(CNCCCCCCl)c1Br. The van der Waals surface area contributed by atoms with Gasteiger partial charge in [-0.1, -0.05) is 6.42 Å². The minimum absolute atomic E-state index is 0.770. The van der Waals surface area contributed by atoms with Crippen LogP contribution in [0.3, 0.4) is 0 Å². The minimum atomic E-state index is 0.770. The molecule has 0 bridgehead atoms. The third kappa shape index (κ3) is 4.07. The van der Waals surface area contributed by atoms with Gasteiger partial charge >= 0.3 is 0 Å². The molecule has 5 heteroatoms. The molecule has 0 saturated heterocycles. The van der Waals surface area contributed by atoms with Crippen LogP contribution in [0.1, 0.15) is 30.7 Å². The number of aromatic nitrogens is 2. The Morgan fingerprint density at radius 1 is 1.38 bits per heavy atom. The lowest BCUT2D eigenvalue weighted by molar-refractivity contribution is 0.587. The molecule has 0 spiro atoms. The molecule has 0 aliphatic heterocycles. The van der Waals surface area contributed by atoms with Gasteiger partial charge in [-0.3, -0.25) is 4.68 Å². The van der Waals surface area contributed by atoms with E-state index in [9.17, 15) is 0 Å². The first kappa shape index (κ1) is 14.0. The van der Waals surface area contributed by atoms with E-state index in [1.165, 1.54) is 18.5 Å². The second-order valence-electron chi connectivity index (χ2n) is 3.90. The zero-order valence-electron chi connectivity index (χ0n) is 9.89. The summed E-state index contributed by atoms with van der Waals surface area (Å²) in [4.78, 5) is 0. The number of rotatable bonds is 7.